The van der Waals surface area contributed by atoms with Gasteiger partial charge in [-0.05, 0) is 43.7 Å². The lowest BCUT2D eigenvalue weighted by Gasteiger charge is -2.27. The van der Waals surface area contributed by atoms with Crippen LogP contribution in [-0.2, 0) is 4.79 Å². The lowest BCUT2D eigenvalue weighted by atomic mass is 9.86. The molecule has 1 fully saturated rings. The highest BCUT2D eigenvalue weighted by atomic mass is 19.1. The van der Waals surface area contributed by atoms with Gasteiger partial charge < -0.3 is 15.2 Å². The fourth-order valence-corrected chi connectivity index (χ4v) is 2.60. The number of nitrogens with one attached hydrogen (secondary N) is 1. The Labute approximate surface area is 124 Å². The van der Waals surface area contributed by atoms with Gasteiger partial charge in [-0.1, -0.05) is 12.1 Å². The van der Waals surface area contributed by atoms with Crippen LogP contribution in [0.4, 0.5) is 4.39 Å². The lowest BCUT2D eigenvalue weighted by Crippen LogP contribution is -2.38. The molecule has 2 N–H and O–H groups in total. The number of rotatable bonds is 6. The summed E-state index contributed by atoms with van der Waals surface area (Å²) >= 11 is 0. The number of hydrogen-bond donors (Lipinski definition) is 2. The minimum atomic E-state index is -0.416. The molecule has 0 spiro atoms. The number of halogens is 1. The fraction of sp³-hybridized carbons (Fsp3) is 0.562. The average Bonchev–Trinajstić information content (AvgIpc) is 2.50. The van der Waals surface area contributed by atoms with Gasteiger partial charge in [0.1, 0.15) is 0 Å². The third-order valence-corrected chi connectivity index (χ3v) is 3.89. The van der Waals surface area contributed by atoms with E-state index in [1.807, 2.05) is 0 Å². The van der Waals surface area contributed by atoms with E-state index in [0.717, 1.165) is 25.7 Å². The van der Waals surface area contributed by atoms with Crippen LogP contribution in [-0.4, -0.2) is 30.3 Å². The molecule has 0 saturated heterocycles. The predicted molar refractivity (Wildman–Crippen MR) is 77.5 cm³/mol. The summed E-state index contributed by atoms with van der Waals surface area (Å²) in [6.45, 7) is 0.399. The van der Waals surface area contributed by atoms with Crippen LogP contribution in [0.1, 0.15) is 32.1 Å². The molecule has 0 radical (unpaired) electrons. The third-order valence-electron chi connectivity index (χ3n) is 3.89. The smallest absolute Gasteiger partial charge is 0.223 e. The van der Waals surface area contributed by atoms with Gasteiger partial charge in [0.15, 0.2) is 11.6 Å². The molecule has 0 aromatic heterocycles. The van der Waals surface area contributed by atoms with Crippen LogP contribution in [0.25, 0.3) is 0 Å². The zero-order valence-corrected chi connectivity index (χ0v) is 12.1. The normalized spacial score (nSPS) is 21.8. The van der Waals surface area contributed by atoms with Gasteiger partial charge in [0.25, 0.3) is 0 Å². The van der Waals surface area contributed by atoms with Gasteiger partial charge in [-0.3, -0.25) is 4.79 Å². The summed E-state index contributed by atoms with van der Waals surface area (Å²) < 4.78 is 18.6. The Morgan fingerprint density at radius 2 is 2.00 bits per heavy atom. The number of benzene rings is 1. The lowest BCUT2D eigenvalue weighted by molar-refractivity contribution is -0.122. The van der Waals surface area contributed by atoms with Crippen LogP contribution in [0.2, 0.25) is 0 Å². The van der Waals surface area contributed by atoms with Crippen LogP contribution < -0.4 is 10.1 Å². The van der Waals surface area contributed by atoms with Gasteiger partial charge in [0.2, 0.25) is 5.91 Å². The Bertz CT molecular complexity index is 459. The molecule has 5 heteroatoms. The molecule has 1 saturated carbocycles. The van der Waals surface area contributed by atoms with E-state index in [2.05, 4.69) is 5.32 Å². The highest BCUT2D eigenvalue weighted by Gasteiger charge is 2.21. The van der Waals surface area contributed by atoms with E-state index < -0.39 is 5.82 Å². The molecule has 1 aromatic rings. The predicted octanol–water partition coefficient (Wildman–Crippen LogP) is 2.26. The monoisotopic (exact) mass is 295 g/mol. The molecule has 1 aromatic carbocycles. The quantitative estimate of drug-likeness (QED) is 0.846. The van der Waals surface area contributed by atoms with Crippen LogP contribution in [0.3, 0.4) is 0 Å². The molecule has 1 aliphatic carbocycles. The number of aliphatic hydroxyl groups is 1. The number of carbonyl (C=O) groups excluding carboxylic acids is 1. The molecule has 2 rings (SSSR count). The molecule has 0 unspecified atom stereocenters. The molecule has 21 heavy (non-hydrogen) atoms. The molecule has 4 nitrogen and oxygen atoms in total. The number of para-hydroxylation sites is 1. The Hall–Kier alpha value is -1.62. The van der Waals surface area contributed by atoms with Crippen molar-refractivity contribution in [2.75, 3.05) is 13.2 Å². The largest absolute Gasteiger partial charge is 0.490 e. The van der Waals surface area contributed by atoms with Crippen LogP contribution >= 0.6 is 0 Å². The molecule has 0 heterocycles. The number of ether oxygens (including phenoxy) is 1. The molecule has 116 valence electrons. The number of carbonyl (C=O) groups is 1. The minimum Gasteiger partial charge on any atom is -0.490 e. The average molecular weight is 295 g/mol. The van der Waals surface area contributed by atoms with Crippen molar-refractivity contribution in [3.8, 4) is 5.75 Å². The molecule has 1 aliphatic rings. The summed E-state index contributed by atoms with van der Waals surface area (Å²) in [5.41, 5.74) is 0. The molecular formula is C16H22FNO3. The van der Waals surface area contributed by atoms with E-state index in [1.165, 1.54) is 6.07 Å². The first kappa shape index (κ1) is 15.8. The fourth-order valence-electron chi connectivity index (χ4n) is 2.60. The first-order chi connectivity index (χ1) is 10.2. The van der Waals surface area contributed by atoms with Crippen molar-refractivity contribution >= 4 is 5.91 Å². The maximum Gasteiger partial charge on any atom is 0.223 e. The van der Waals surface area contributed by atoms with E-state index in [9.17, 15) is 9.18 Å². The minimum absolute atomic E-state index is 0.0706. The van der Waals surface area contributed by atoms with E-state index in [1.54, 1.807) is 18.2 Å². The van der Waals surface area contributed by atoms with Gasteiger partial charge in [0.05, 0.1) is 13.0 Å². The Morgan fingerprint density at radius 1 is 1.29 bits per heavy atom. The van der Waals surface area contributed by atoms with Crippen molar-refractivity contribution in [1.82, 2.24) is 5.32 Å². The summed E-state index contributed by atoms with van der Waals surface area (Å²) in [5.74, 6) is 0.0651. The van der Waals surface area contributed by atoms with Gasteiger partial charge in [-0.2, -0.15) is 0 Å². The summed E-state index contributed by atoms with van der Waals surface area (Å²) in [4.78, 5) is 11.8. The van der Waals surface area contributed by atoms with Crippen molar-refractivity contribution in [2.45, 2.75) is 38.1 Å². The van der Waals surface area contributed by atoms with E-state index in [-0.39, 0.29) is 37.3 Å². The maximum atomic E-state index is 13.3. The Balaban J connectivity index is 1.65. The van der Waals surface area contributed by atoms with Crippen molar-refractivity contribution in [3.05, 3.63) is 30.1 Å². The topological polar surface area (TPSA) is 58.6 Å². The van der Waals surface area contributed by atoms with Crippen molar-refractivity contribution in [2.24, 2.45) is 5.92 Å². The molecule has 0 bridgehead atoms. The second-order valence-corrected chi connectivity index (χ2v) is 5.50. The SMILES string of the molecule is O=C(CCOc1ccccc1F)NC1CCC(CO)CC1. The highest BCUT2D eigenvalue weighted by molar-refractivity contribution is 5.76. The first-order valence-corrected chi connectivity index (χ1v) is 7.46. The van der Waals surface area contributed by atoms with Crippen LogP contribution in [0.5, 0.6) is 5.75 Å². The Kier molecular flexibility index (Phi) is 5.99. The highest BCUT2D eigenvalue weighted by Crippen LogP contribution is 2.23. The van der Waals surface area contributed by atoms with Crippen molar-refractivity contribution < 1.29 is 19.0 Å². The zero-order valence-electron chi connectivity index (χ0n) is 12.1. The molecule has 0 aliphatic heterocycles. The van der Waals surface area contributed by atoms with Gasteiger partial charge in [-0.25, -0.2) is 4.39 Å². The zero-order chi connectivity index (χ0) is 15.1. The standard InChI is InChI=1S/C16H22FNO3/c17-14-3-1-2-4-15(14)21-10-9-16(20)18-13-7-5-12(11-19)6-8-13/h1-4,12-13,19H,5-11H2,(H,18,20). The van der Waals surface area contributed by atoms with E-state index in [4.69, 9.17) is 9.84 Å². The maximum absolute atomic E-state index is 13.3. The Morgan fingerprint density at radius 3 is 2.67 bits per heavy atom. The van der Waals surface area contributed by atoms with Gasteiger partial charge in [-0.15, -0.1) is 0 Å². The van der Waals surface area contributed by atoms with E-state index in [0.29, 0.717) is 5.92 Å². The summed E-state index contributed by atoms with van der Waals surface area (Å²) in [6.07, 6.45) is 3.94. The number of hydrogen-bond acceptors (Lipinski definition) is 3. The number of aliphatic hydroxyl groups excluding tert-OH is 1. The third kappa shape index (κ3) is 5.01. The van der Waals surface area contributed by atoms with Crippen molar-refractivity contribution in [3.63, 3.8) is 0 Å². The number of amides is 1. The molecule has 1 amide bonds. The van der Waals surface area contributed by atoms with Gasteiger partial charge >= 0.3 is 0 Å². The molecule has 0 atom stereocenters. The van der Waals surface area contributed by atoms with E-state index >= 15 is 0 Å². The second kappa shape index (κ2) is 7.98. The second-order valence-electron chi connectivity index (χ2n) is 5.50. The first-order valence-electron chi connectivity index (χ1n) is 7.46. The van der Waals surface area contributed by atoms with Gasteiger partial charge in [0, 0.05) is 12.6 Å². The summed E-state index contributed by atoms with van der Waals surface area (Å²) in [7, 11) is 0. The van der Waals surface area contributed by atoms with Crippen molar-refractivity contribution in [1.29, 1.82) is 0 Å². The molecular weight excluding hydrogens is 273 g/mol. The summed E-state index contributed by atoms with van der Waals surface area (Å²) in [5, 5.41) is 12.0. The van der Waals surface area contributed by atoms with Crippen LogP contribution in [0.15, 0.2) is 24.3 Å². The summed E-state index contributed by atoms with van der Waals surface area (Å²) in [6, 6.07) is 6.35. The van der Waals surface area contributed by atoms with Crippen LogP contribution in [0, 0.1) is 11.7 Å².